The minimum absolute atomic E-state index is 0.0174. The molecule has 2 aliphatic heterocycles. The molecule has 3 aromatic heterocycles. The topological polar surface area (TPSA) is 109 Å². The minimum atomic E-state index is -0.124. The number of nitrogens with zero attached hydrogens (tertiary/aromatic N) is 8. The van der Waals surface area contributed by atoms with Gasteiger partial charge in [0.1, 0.15) is 11.4 Å². The van der Waals surface area contributed by atoms with Gasteiger partial charge in [0.05, 0.1) is 28.7 Å². The van der Waals surface area contributed by atoms with Gasteiger partial charge < -0.3 is 19.4 Å². The Bertz CT molecular complexity index is 1570. The SMILES string of the molecule is CCOc1ccccc1N1CCN(C(=O)c2csc(C3CCN(C(=O)c4nnc5cc(C)nn5c4C)CC3)n2)CC1. The van der Waals surface area contributed by atoms with Crippen LogP contribution < -0.4 is 9.64 Å². The lowest BCUT2D eigenvalue weighted by atomic mass is 9.97. The highest BCUT2D eigenvalue weighted by molar-refractivity contribution is 7.09. The number of carbonyl (C=O) groups excluding carboxylic acids is 2. The second kappa shape index (κ2) is 11.4. The van der Waals surface area contributed by atoms with E-state index in [1.54, 1.807) is 15.9 Å². The number of rotatable bonds is 6. The summed E-state index contributed by atoms with van der Waals surface area (Å²) in [5.41, 5.74) is 4.08. The molecule has 0 spiro atoms. The number of benzene rings is 1. The summed E-state index contributed by atoms with van der Waals surface area (Å²) in [7, 11) is 0. The zero-order valence-electron chi connectivity index (χ0n) is 23.6. The zero-order chi connectivity index (χ0) is 28.5. The molecule has 0 aliphatic carbocycles. The Labute approximate surface area is 242 Å². The van der Waals surface area contributed by atoms with Crippen molar-refractivity contribution in [3.63, 3.8) is 0 Å². The molecular weight excluding hydrogens is 540 g/mol. The number of fused-ring (bicyclic) bond motifs is 1. The summed E-state index contributed by atoms with van der Waals surface area (Å²) >= 11 is 1.54. The van der Waals surface area contributed by atoms with E-state index in [0.717, 1.165) is 48.1 Å². The molecule has 4 aromatic rings. The zero-order valence-corrected chi connectivity index (χ0v) is 24.4. The molecule has 2 saturated heterocycles. The van der Waals surface area contributed by atoms with Gasteiger partial charge in [0, 0.05) is 56.6 Å². The third-order valence-electron chi connectivity index (χ3n) is 7.87. The maximum Gasteiger partial charge on any atom is 0.276 e. The molecule has 12 heteroatoms. The number of aryl methyl sites for hydroxylation is 2. The molecule has 41 heavy (non-hydrogen) atoms. The van der Waals surface area contributed by atoms with Crippen molar-refractivity contribution in [2.24, 2.45) is 0 Å². The van der Waals surface area contributed by atoms with E-state index < -0.39 is 0 Å². The lowest BCUT2D eigenvalue weighted by molar-refractivity contribution is 0.0703. The molecule has 5 heterocycles. The van der Waals surface area contributed by atoms with Crippen molar-refractivity contribution in [2.45, 2.75) is 39.5 Å². The minimum Gasteiger partial charge on any atom is -0.492 e. The Morgan fingerprint density at radius 3 is 2.46 bits per heavy atom. The van der Waals surface area contributed by atoms with E-state index >= 15 is 0 Å². The second-order valence-electron chi connectivity index (χ2n) is 10.5. The predicted octanol–water partition coefficient (Wildman–Crippen LogP) is 3.58. The average Bonchev–Trinajstić information content (AvgIpc) is 3.65. The van der Waals surface area contributed by atoms with Gasteiger partial charge in [0.15, 0.2) is 11.3 Å². The van der Waals surface area contributed by atoms with Crippen LogP contribution in [0.5, 0.6) is 5.75 Å². The molecule has 1 aromatic carbocycles. The van der Waals surface area contributed by atoms with E-state index in [4.69, 9.17) is 9.72 Å². The number of thiazole rings is 1. The molecule has 214 valence electrons. The molecule has 0 N–H and O–H groups in total. The second-order valence-corrected chi connectivity index (χ2v) is 11.4. The molecule has 0 atom stereocenters. The molecule has 0 radical (unpaired) electrons. The number of aromatic nitrogens is 5. The number of amides is 2. The monoisotopic (exact) mass is 574 g/mol. The molecular formula is C29H34N8O3S. The maximum atomic E-state index is 13.3. The highest BCUT2D eigenvalue weighted by Gasteiger charge is 2.30. The van der Waals surface area contributed by atoms with Crippen molar-refractivity contribution in [2.75, 3.05) is 50.8 Å². The predicted molar refractivity (Wildman–Crippen MR) is 156 cm³/mol. The van der Waals surface area contributed by atoms with Crippen LogP contribution in [-0.2, 0) is 0 Å². The first-order valence-corrected chi connectivity index (χ1v) is 15.0. The van der Waals surface area contributed by atoms with E-state index in [-0.39, 0.29) is 17.7 Å². The number of para-hydroxylation sites is 2. The van der Waals surface area contributed by atoms with Crippen LogP contribution in [0.15, 0.2) is 35.7 Å². The Morgan fingerprint density at radius 2 is 1.71 bits per heavy atom. The lowest BCUT2D eigenvalue weighted by Crippen LogP contribution is -2.49. The number of hydrogen-bond donors (Lipinski definition) is 0. The van der Waals surface area contributed by atoms with Crippen LogP contribution in [0.2, 0.25) is 0 Å². The first-order chi connectivity index (χ1) is 19.9. The van der Waals surface area contributed by atoms with Crippen molar-refractivity contribution in [1.29, 1.82) is 0 Å². The fourth-order valence-electron chi connectivity index (χ4n) is 5.64. The van der Waals surface area contributed by atoms with Crippen molar-refractivity contribution in [1.82, 2.24) is 34.6 Å². The van der Waals surface area contributed by atoms with Gasteiger partial charge in [-0.15, -0.1) is 21.5 Å². The van der Waals surface area contributed by atoms with Crippen LogP contribution in [0.1, 0.15) is 63.1 Å². The van der Waals surface area contributed by atoms with E-state index in [2.05, 4.69) is 26.3 Å². The summed E-state index contributed by atoms with van der Waals surface area (Å²) in [5, 5.41) is 15.7. The average molecular weight is 575 g/mol. The number of hydrogen-bond acceptors (Lipinski definition) is 9. The van der Waals surface area contributed by atoms with Crippen molar-refractivity contribution < 1.29 is 14.3 Å². The lowest BCUT2D eigenvalue weighted by Gasteiger charge is -2.36. The van der Waals surface area contributed by atoms with Crippen LogP contribution in [0.3, 0.4) is 0 Å². The first-order valence-electron chi connectivity index (χ1n) is 14.1. The van der Waals surface area contributed by atoms with Crippen molar-refractivity contribution in [3.05, 3.63) is 63.5 Å². The number of carbonyl (C=O) groups is 2. The number of ether oxygens (including phenoxy) is 1. The highest BCUT2D eigenvalue weighted by Crippen LogP contribution is 2.32. The Morgan fingerprint density at radius 1 is 0.976 bits per heavy atom. The normalized spacial score (nSPS) is 16.4. The van der Waals surface area contributed by atoms with Crippen LogP contribution in [0, 0.1) is 13.8 Å². The van der Waals surface area contributed by atoms with E-state index in [0.29, 0.717) is 55.5 Å². The molecule has 6 rings (SSSR count). The highest BCUT2D eigenvalue weighted by atomic mass is 32.1. The largest absolute Gasteiger partial charge is 0.492 e. The Balaban J connectivity index is 1.04. The smallest absolute Gasteiger partial charge is 0.276 e. The van der Waals surface area contributed by atoms with Gasteiger partial charge in [0.2, 0.25) is 0 Å². The van der Waals surface area contributed by atoms with Gasteiger partial charge in [-0.05, 0) is 45.7 Å². The number of piperidine rings is 1. The molecule has 2 amide bonds. The molecule has 0 unspecified atom stereocenters. The fourth-order valence-corrected chi connectivity index (χ4v) is 6.60. The van der Waals surface area contributed by atoms with Crippen LogP contribution >= 0.6 is 11.3 Å². The molecule has 0 saturated carbocycles. The summed E-state index contributed by atoms with van der Waals surface area (Å²) in [4.78, 5) is 37.3. The standard InChI is InChI=1S/C29H34N8O3S/c1-4-40-24-8-6-5-7-23(24)34-13-15-36(16-14-34)28(38)22-18-41-27(30-22)21-9-11-35(12-10-21)29(39)26-20(3)37-25(31-32-26)17-19(2)33-37/h5-8,17-18,21H,4,9-16H2,1-3H3. The van der Waals surface area contributed by atoms with Crippen LogP contribution in [-0.4, -0.2) is 92.3 Å². The summed E-state index contributed by atoms with van der Waals surface area (Å²) in [6.45, 7) is 10.3. The van der Waals surface area contributed by atoms with Crippen molar-refractivity contribution >= 4 is 34.5 Å². The van der Waals surface area contributed by atoms with Gasteiger partial charge in [-0.3, -0.25) is 9.59 Å². The quantitative estimate of drug-likeness (QED) is 0.344. The third kappa shape index (κ3) is 5.35. The fraction of sp³-hybridized carbons (Fsp3) is 0.448. The van der Waals surface area contributed by atoms with E-state index in [1.165, 1.54) is 0 Å². The van der Waals surface area contributed by atoms with Gasteiger partial charge in [-0.25, -0.2) is 9.50 Å². The van der Waals surface area contributed by atoms with Gasteiger partial charge in [-0.1, -0.05) is 12.1 Å². The summed E-state index contributed by atoms with van der Waals surface area (Å²) in [6.07, 6.45) is 1.58. The van der Waals surface area contributed by atoms with E-state index in [1.807, 2.05) is 60.2 Å². The van der Waals surface area contributed by atoms with Crippen molar-refractivity contribution in [3.8, 4) is 5.75 Å². The number of piperazine rings is 1. The maximum absolute atomic E-state index is 13.3. The first kappa shape index (κ1) is 27.1. The number of anilines is 1. The number of likely N-dealkylation sites (tertiary alicyclic amines) is 1. The van der Waals surface area contributed by atoms with Gasteiger partial charge in [0.25, 0.3) is 11.8 Å². The Kier molecular flexibility index (Phi) is 7.57. The van der Waals surface area contributed by atoms with Gasteiger partial charge >= 0.3 is 0 Å². The van der Waals surface area contributed by atoms with E-state index in [9.17, 15) is 9.59 Å². The van der Waals surface area contributed by atoms with Crippen LogP contribution in [0.4, 0.5) is 5.69 Å². The molecule has 0 bridgehead atoms. The molecule has 2 aliphatic rings. The van der Waals surface area contributed by atoms with Crippen LogP contribution in [0.25, 0.3) is 5.65 Å². The summed E-state index contributed by atoms with van der Waals surface area (Å²) in [5.74, 6) is 0.961. The third-order valence-corrected chi connectivity index (χ3v) is 8.88. The van der Waals surface area contributed by atoms with Gasteiger partial charge in [-0.2, -0.15) is 5.10 Å². The summed E-state index contributed by atoms with van der Waals surface area (Å²) < 4.78 is 7.47. The Hall–Kier alpha value is -4.06. The molecule has 2 fully saturated rings. The summed E-state index contributed by atoms with van der Waals surface area (Å²) in [6, 6.07) is 9.90. The molecule has 11 nitrogen and oxygen atoms in total.